The smallest absolute Gasteiger partial charge is 0.328 e. The van der Waals surface area contributed by atoms with E-state index >= 15 is 0 Å². The molecule has 0 unspecified atom stereocenters. The molecular weight excluding hydrogens is 230 g/mol. The van der Waals surface area contributed by atoms with Crippen LogP contribution in [0.5, 0.6) is 0 Å². The molecule has 6 heteroatoms. The number of methoxy groups -OCH3 is 1. The zero-order valence-corrected chi connectivity index (χ0v) is 9.65. The van der Waals surface area contributed by atoms with Crippen LogP contribution < -0.4 is 4.90 Å². The number of anilines is 1. The minimum atomic E-state index is -0.254. The predicted molar refractivity (Wildman–Crippen MR) is 59.4 cm³/mol. The molecule has 86 valence electrons. The Morgan fingerprint density at radius 2 is 2.50 bits per heavy atom. The number of carbonyl (C=O) groups is 1. The third-order valence-electron chi connectivity index (χ3n) is 2.63. The second kappa shape index (κ2) is 4.65. The Morgan fingerprint density at radius 1 is 1.69 bits per heavy atom. The van der Waals surface area contributed by atoms with Gasteiger partial charge in [0.05, 0.1) is 7.11 Å². The molecule has 1 aromatic heterocycles. The molecule has 1 aromatic rings. The lowest BCUT2D eigenvalue weighted by molar-refractivity contribution is -0.141. The molecule has 0 spiro atoms. The van der Waals surface area contributed by atoms with Crippen molar-refractivity contribution >= 4 is 23.4 Å². The first-order chi connectivity index (χ1) is 7.72. The largest absolute Gasteiger partial charge is 0.467 e. The predicted octanol–water partition coefficient (Wildman–Crippen LogP) is 1.27. The molecule has 0 saturated carbocycles. The number of halogens is 1. The van der Waals surface area contributed by atoms with Gasteiger partial charge in [0, 0.05) is 12.7 Å². The fourth-order valence-electron chi connectivity index (χ4n) is 1.91. The van der Waals surface area contributed by atoms with Gasteiger partial charge in [0.15, 0.2) is 0 Å². The van der Waals surface area contributed by atoms with E-state index in [-0.39, 0.29) is 17.3 Å². The summed E-state index contributed by atoms with van der Waals surface area (Å²) in [7, 11) is 1.39. The van der Waals surface area contributed by atoms with Crippen molar-refractivity contribution < 1.29 is 9.53 Å². The summed E-state index contributed by atoms with van der Waals surface area (Å²) in [5.74, 6) is 0.445. The number of hydrogen-bond donors (Lipinski definition) is 0. The van der Waals surface area contributed by atoms with E-state index in [1.54, 1.807) is 12.3 Å². The van der Waals surface area contributed by atoms with Gasteiger partial charge in [-0.25, -0.2) is 14.8 Å². The van der Waals surface area contributed by atoms with Crippen LogP contribution in [-0.2, 0) is 9.53 Å². The van der Waals surface area contributed by atoms with Crippen LogP contribution in [0.25, 0.3) is 0 Å². The van der Waals surface area contributed by atoms with Gasteiger partial charge in [0.1, 0.15) is 11.9 Å². The zero-order valence-electron chi connectivity index (χ0n) is 8.89. The summed E-state index contributed by atoms with van der Waals surface area (Å²) in [5, 5.41) is 0.188. The van der Waals surface area contributed by atoms with Crippen molar-refractivity contribution in [1.29, 1.82) is 0 Å². The molecule has 1 saturated heterocycles. The van der Waals surface area contributed by atoms with E-state index in [0.29, 0.717) is 5.82 Å². The van der Waals surface area contributed by atoms with Gasteiger partial charge >= 0.3 is 5.97 Å². The van der Waals surface area contributed by atoms with Crippen molar-refractivity contribution in [3.05, 3.63) is 17.5 Å². The lowest BCUT2D eigenvalue weighted by atomic mass is 10.2. The standard InChI is InChI=1S/C10H12ClN3O2/c1-16-9(15)7-3-2-6-14(7)8-4-5-12-10(11)13-8/h4-5,7H,2-3,6H2,1H3/t7-/m0/s1. The molecular formula is C10H12ClN3O2. The molecule has 5 nitrogen and oxygen atoms in total. The van der Waals surface area contributed by atoms with Crippen molar-refractivity contribution in [1.82, 2.24) is 9.97 Å². The quantitative estimate of drug-likeness (QED) is 0.577. The molecule has 0 N–H and O–H groups in total. The number of ether oxygens (including phenoxy) is 1. The van der Waals surface area contributed by atoms with Crippen LogP contribution in [-0.4, -0.2) is 35.6 Å². The molecule has 0 aliphatic carbocycles. The highest BCUT2D eigenvalue weighted by molar-refractivity contribution is 6.28. The van der Waals surface area contributed by atoms with Crippen molar-refractivity contribution in [3.8, 4) is 0 Å². The normalized spacial score (nSPS) is 19.9. The number of aromatic nitrogens is 2. The van der Waals surface area contributed by atoms with Gasteiger partial charge in [0.2, 0.25) is 5.28 Å². The van der Waals surface area contributed by atoms with Crippen molar-refractivity contribution in [2.24, 2.45) is 0 Å². The Kier molecular flexibility index (Phi) is 3.24. The maximum atomic E-state index is 11.5. The highest BCUT2D eigenvalue weighted by atomic mass is 35.5. The van der Waals surface area contributed by atoms with Gasteiger partial charge in [-0.15, -0.1) is 0 Å². The highest BCUT2D eigenvalue weighted by Gasteiger charge is 2.32. The summed E-state index contributed by atoms with van der Waals surface area (Å²) in [4.78, 5) is 21.4. The van der Waals surface area contributed by atoms with Crippen molar-refractivity contribution in [3.63, 3.8) is 0 Å². The van der Waals surface area contributed by atoms with E-state index in [2.05, 4.69) is 9.97 Å². The van der Waals surface area contributed by atoms with E-state index in [0.717, 1.165) is 19.4 Å². The lowest BCUT2D eigenvalue weighted by Crippen LogP contribution is -2.37. The monoisotopic (exact) mass is 241 g/mol. The Bertz CT molecular complexity index is 399. The minimum absolute atomic E-state index is 0.188. The van der Waals surface area contributed by atoms with Crippen molar-refractivity contribution in [2.45, 2.75) is 18.9 Å². The number of carbonyl (C=O) groups excluding carboxylic acids is 1. The first-order valence-electron chi connectivity index (χ1n) is 5.05. The van der Waals surface area contributed by atoms with Crippen LogP contribution in [0.2, 0.25) is 5.28 Å². The maximum absolute atomic E-state index is 11.5. The Labute approximate surface area is 98.4 Å². The van der Waals surface area contributed by atoms with Gasteiger partial charge in [-0.05, 0) is 30.5 Å². The van der Waals surface area contributed by atoms with Crippen molar-refractivity contribution in [2.75, 3.05) is 18.6 Å². The first-order valence-corrected chi connectivity index (χ1v) is 5.43. The zero-order chi connectivity index (χ0) is 11.5. The van der Waals surface area contributed by atoms with Gasteiger partial charge in [-0.1, -0.05) is 0 Å². The maximum Gasteiger partial charge on any atom is 0.328 e. The molecule has 2 rings (SSSR count). The highest BCUT2D eigenvalue weighted by Crippen LogP contribution is 2.24. The molecule has 0 bridgehead atoms. The van der Waals surface area contributed by atoms with Crippen LogP contribution in [0, 0.1) is 0 Å². The van der Waals surface area contributed by atoms with Gasteiger partial charge < -0.3 is 9.64 Å². The summed E-state index contributed by atoms with van der Waals surface area (Å²) in [6.45, 7) is 0.785. The van der Waals surface area contributed by atoms with E-state index in [1.165, 1.54) is 7.11 Å². The molecule has 0 amide bonds. The average Bonchev–Trinajstić information content (AvgIpc) is 2.77. The second-order valence-corrected chi connectivity index (χ2v) is 3.90. The van der Waals surface area contributed by atoms with E-state index in [9.17, 15) is 4.79 Å². The number of nitrogens with zero attached hydrogens (tertiary/aromatic N) is 3. The molecule has 0 radical (unpaired) electrons. The summed E-state index contributed by atoms with van der Waals surface area (Å²) < 4.78 is 4.76. The Hall–Kier alpha value is -1.36. The fourth-order valence-corrected chi connectivity index (χ4v) is 2.05. The van der Waals surface area contributed by atoms with Crippen LogP contribution in [0.15, 0.2) is 12.3 Å². The molecule has 1 fully saturated rings. The van der Waals surface area contributed by atoms with Crippen LogP contribution in [0.3, 0.4) is 0 Å². The lowest BCUT2D eigenvalue weighted by Gasteiger charge is -2.23. The Morgan fingerprint density at radius 3 is 3.19 bits per heavy atom. The first kappa shape index (κ1) is 11.1. The molecule has 1 atom stereocenters. The molecule has 2 heterocycles. The summed E-state index contributed by atoms with van der Waals surface area (Å²) in [6, 6.07) is 1.49. The average molecular weight is 242 g/mol. The van der Waals surface area contributed by atoms with Gasteiger partial charge in [-0.2, -0.15) is 0 Å². The van der Waals surface area contributed by atoms with E-state index in [4.69, 9.17) is 16.3 Å². The molecule has 1 aliphatic rings. The fraction of sp³-hybridized carbons (Fsp3) is 0.500. The number of rotatable bonds is 2. The molecule has 0 aromatic carbocycles. The summed E-state index contributed by atoms with van der Waals surface area (Å²) in [5.41, 5.74) is 0. The van der Waals surface area contributed by atoms with Gasteiger partial charge in [-0.3, -0.25) is 0 Å². The third kappa shape index (κ3) is 2.09. The van der Waals surface area contributed by atoms with E-state index in [1.807, 2.05) is 4.90 Å². The number of esters is 1. The molecule has 16 heavy (non-hydrogen) atoms. The Balaban J connectivity index is 2.23. The third-order valence-corrected chi connectivity index (χ3v) is 2.81. The van der Waals surface area contributed by atoms with Gasteiger partial charge in [0.25, 0.3) is 0 Å². The second-order valence-electron chi connectivity index (χ2n) is 3.56. The minimum Gasteiger partial charge on any atom is -0.467 e. The summed E-state index contributed by atoms with van der Waals surface area (Å²) in [6.07, 6.45) is 3.31. The SMILES string of the molecule is COC(=O)[C@@H]1CCCN1c1ccnc(Cl)n1. The number of hydrogen-bond acceptors (Lipinski definition) is 5. The van der Waals surface area contributed by atoms with Crippen LogP contribution in [0.4, 0.5) is 5.82 Å². The van der Waals surface area contributed by atoms with Crippen LogP contribution in [0.1, 0.15) is 12.8 Å². The van der Waals surface area contributed by atoms with Crippen LogP contribution >= 0.6 is 11.6 Å². The van der Waals surface area contributed by atoms with E-state index < -0.39 is 0 Å². The molecule has 1 aliphatic heterocycles. The summed E-state index contributed by atoms with van der Waals surface area (Å²) >= 11 is 5.72. The topological polar surface area (TPSA) is 55.3 Å².